The Morgan fingerprint density at radius 3 is 2.50 bits per heavy atom. The molecule has 0 aliphatic heterocycles. The van der Waals surface area contributed by atoms with Gasteiger partial charge < -0.3 is 0 Å². The summed E-state index contributed by atoms with van der Waals surface area (Å²) in [5, 5.41) is 4.02. The van der Waals surface area contributed by atoms with Gasteiger partial charge in [0.1, 0.15) is 0 Å². The van der Waals surface area contributed by atoms with Crippen LogP contribution >= 0.6 is 11.8 Å². The molecule has 0 bridgehead atoms. The van der Waals surface area contributed by atoms with E-state index >= 15 is 0 Å². The average Bonchev–Trinajstić information content (AvgIpc) is 2.60. The fourth-order valence-electron chi connectivity index (χ4n) is 2.18. The number of nitrogens with one attached hydrogen (secondary N) is 1. The van der Waals surface area contributed by atoms with Crippen LogP contribution in [0.15, 0.2) is 59.7 Å². The van der Waals surface area contributed by atoms with Gasteiger partial charge in [-0.25, -0.2) is 5.43 Å². The average molecular weight is 340 g/mol. The van der Waals surface area contributed by atoms with Gasteiger partial charge in [0.25, 0.3) is 0 Å². The molecule has 0 fully saturated rings. The van der Waals surface area contributed by atoms with Crippen LogP contribution in [0.3, 0.4) is 0 Å². The van der Waals surface area contributed by atoms with Crippen molar-refractivity contribution < 1.29 is 4.79 Å². The number of amides is 1. The summed E-state index contributed by atoms with van der Waals surface area (Å²) >= 11 is 1.62. The molecule has 2 rings (SSSR count). The third-order valence-electron chi connectivity index (χ3n) is 3.62. The molecule has 0 spiro atoms. The first kappa shape index (κ1) is 18.3. The highest BCUT2D eigenvalue weighted by Crippen LogP contribution is 2.13. The summed E-state index contributed by atoms with van der Waals surface area (Å²) in [4.78, 5) is 11.7. The number of benzene rings is 2. The first-order chi connectivity index (χ1) is 11.6. The summed E-state index contributed by atoms with van der Waals surface area (Å²) in [6.07, 6.45) is 2.65. The van der Waals surface area contributed by atoms with Crippen LogP contribution in [0.1, 0.15) is 36.5 Å². The second-order valence-corrected chi connectivity index (χ2v) is 7.01. The van der Waals surface area contributed by atoms with Crippen LogP contribution in [0.25, 0.3) is 0 Å². The van der Waals surface area contributed by atoms with Crippen molar-refractivity contribution in [2.75, 3.05) is 11.5 Å². The zero-order valence-electron chi connectivity index (χ0n) is 14.2. The van der Waals surface area contributed by atoms with Crippen LogP contribution in [-0.4, -0.2) is 23.6 Å². The van der Waals surface area contributed by atoms with Crippen molar-refractivity contribution in [3.63, 3.8) is 0 Å². The van der Waals surface area contributed by atoms with Crippen LogP contribution in [0.5, 0.6) is 0 Å². The molecule has 0 saturated heterocycles. The van der Waals surface area contributed by atoms with Crippen molar-refractivity contribution in [1.82, 2.24) is 5.43 Å². The van der Waals surface area contributed by atoms with Crippen LogP contribution in [0, 0.1) is 0 Å². The molecule has 0 radical (unpaired) electrons. The number of nitrogens with zero attached hydrogens (tertiary/aromatic N) is 1. The van der Waals surface area contributed by atoms with Crippen LogP contribution in [0.2, 0.25) is 0 Å². The van der Waals surface area contributed by atoms with E-state index in [9.17, 15) is 4.79 Å². The minimum Gasteiger partial charge on any atom is -0.272 e. The standard InChI is InChI=1S/C20H24N2OS/c1-16(2)19-10-8-18(9-11-19)14-21-22-20(23)15-24-13-12-17-6-4-3-5-7-17/h3-11,14,16H,12-13,15H2,1-2H3,(H,22,23)/b21-14-. The van der Waals surface area contributed by atoms with Crippen LogP contribution < -0.4 is 5.43 Å². The Balaban J connectivity index is 1.65. The summed E-state index contributed by atoms with van der Waals surface area (Å²) in [7, 11) is 0. The molecule has 3 nitrogen and oxygen atoms in total. The normalized spacial score (nSPS) is 11.1. The number of hydrazone groups is 1. The predicted molar refractivity (Wildman–Crippen MR) is 104 cm³/mol. The highest BCUT2D eigenvalue weighted by molar-refractivity contribution is 7.99. The molecule has 0 saturated carbocycles. The summed E-state index contributed by atoms with van der Waals surface area (Å²) in [5.41, 5.74) is 6.16. The molecule has 126 valence electrons. The Labute approximate surface area is 148 Å². The molecule has 2 aromatic carbocycles. The zero-order chi connectivity index (χ0) is 17.2. The van der Waals surface area contributed by atoms with Gasteiger partial charge in [0.15, 0.2) is 0 Å². The lowest BCUT2D eigenvalue weighted by atomic mass is 10.0. The summed E-state index contributed by atoms with van der Waals surface area (Å²) in [6.45, 7) is 4.33. The number of carbonyl (C=O) groups excluding carboxylic acids is 1. The Morgan fingerprint density at radius 2 is 1.83 bits per heavy atom. The van der Waals surface area contributed by atoms with E-state index in [0.717, 1.165) is 17.7 Å². The van der Waals surface area contributed by atoms with Crippen molar-refractivity contribution in [2.24, 2.45) is 5.10 Å². The third-order valence-corrected chi connectivity index (χ3v) is 4.58. The fourth-order valence-corrected chi connectivity index (χ4v) is 2.95. The maximum atomic E-state index is 11.7. The minimum absolute atomic E-state index is 0.0666. The molecule has 0 heterocycles. The minimum atomic E-state index is -0.0666. The van der Waals surface area contributed by atoms with Crippen molar-refractivity contribution in [3.8, 4) is 0 Å². The fraction of sp³-hybridized carbons (Fsp3) is 0.300. The maximum absolute atomic E-state index is 11.7. The van der Waals surface area contributed by atoms with Crippen molar-refractivity contribution in [2.45, 2.75) is 26.2 Å². The molecule has 0 aliphatic carbocycles. The Morgan fingerprint density at radius 1 is 1.12 bits per heavy atom. The van der Waals surface area contributed by atoms with Crippen molar-refractivity contribution in [3.05, 3.63) is 71.3 Å². The maximum Gasteiger partial charge on any atom is 0.250 e. The quantitative estimate of drug-likeness (QED) is 0.444. The highest BCUT2D eigenvalue weighted by Gasteiger charge is 2.01. The third kappa shape index (κ3) is 6.59. The second-order valence-electron chi connectivity index (χ2n) is 5.90. The number of hydrogen-bond acceptors (Lipinski definition) is 3. The highest BCUT2D eigenvalue weighted by atomic mass is 32.2. The van der Waals surface area contributed by atoms with Gasteiger partial charge in [0.2, 0.25) is 5.91 Å². The Kier molecular flexibility index (Phi) is 7.56. The number of aryl methyl sites for hydroxylation is 1. The lowest BCUT2D eigenvalue weighted by Crippen LogP contribution is -2.20. The number of hydrogen-bond donors (Lipinski definition) is 1. The molecular formula is C20H24N2OS. The number of thioether (sulfide) groups is 1. The molecule has 0 atom stereocenters. The predicted octanol–water partition coefficient (Wildman–Crippen LogP) is 4.24. The topological polar surface area (TPSA) is 41.5 Å². The lowest BCUT2D eigenvalue weighted by Gasteiger charge is -2.04. The van der Waals surface area contributed by atoms with Gasteiger partial charge in [-0.2, -0.15) is 16.9 Å². The number of carbonyl (C=O) groups is 1. The van der Waals surface area contributed by atoms with E-state index < -0.39 is 0 Å². The van der Waals surface area contributed by atoms with E-state index in [1.165, 1.54) is 11.1 Å². The molecule has 1 N–H and O–H groups in total. The van der Waals surface area contributed by atoms with Crippen LogP contribution in [-0.2, 0) is 11.2 Å². The monoisotopic (exact) mass is 340 g/mol. The Bertz CT molecular complexity index is 651. The first-order valence-corrected chi connectivity index (χ1v) is 9.34. The van der Waals surface area contributed by atoms with Gasteiger partial charge >= 0.3 is 0 Å². The van der Waals surface area contributed by atoms with Gasteiger partial charge in [0.05, 0.1) is 12.0 Å². The van der Waals surface area contributed by atoms with E-state index in [4.69, 9.17) is 0 Å². The van der Waals surface area contributed by atoms with Crippen molar-refractivity contribution >= 4 is 23.9 Å². The van der Waals surface area contributed by atoms with Gasteiger partial charge in [-0.05, 0) is 34.8 Å². The molecule has 2 aromatic rings. The van der Waals surface area contributed by atoms with Gasteiger partial charge in [-0.3, -0.25) is 4.79 Å². The first-order valence-electron chi connectivity index (χ1n) is 8.18. The summed E-state index contributed by atoms with van der Waals surface area (Å²) < 4.78 is 0. The Hall–Kier alpha value is -2.07. The summed E-state index contributed by atoms with van der Waals surface area (Å²) in [6, 6.07) is 18.5. The molecule has 0 unspecified atom stereocenters. The zero-order valence-corrected chi connectivity index (χ0v) is 15.1. The molecular weight excluding hydrogens is 316 g/mol. The molecule has 4 heteroatoms. The largest absolute Gasteiger partial charge is 0.272 e. The van der Waals surface area contributed by atoms with E-state index in [1.54, 1.807) is 18.0 Å². The smallest absolute Gasteiger partial charge is 0.250 e. The molecule has 24 heavy (non-hydrogen) atoms. The lowest BCUT2D eigenvalue weighted by molar-refractivity contribution is -0.118. The van der Waals surface area contributed by atoms with Crippen molar-refractivity contribution in [1.29, 1.82) is 0 Å². The van der Waals surface area contributed by atoms with Gasteiger partial charge in [-0.15, -0.1) is 0 Å². The summed E-state index contributed by atoms with van der Waals surface area (Å²) in [5.74, 6) is 1.81. The van der Waals surface area contributed by atoms with E-state index in [-0.39, 0.29) is 5.91 Å². The number of rotatable bonds is 8. The molecule has 0 aliphatic rings. The van der Waals surface area contributed by atoms with E-state index in [2.05, 4.69) is 48.6 Å². The van der Waals surface area contributed by atoms with E-state index in [0.29, 0.717) is 11.7 Å². The SMILES string of the molecule is CC(C)c1ccc(/C=N\NC(=O)CSCCc2ccccc2)cc1. The molecule has 0 aromatic heterocycles. The second kappa shape index (κ2) is 9.93. The van der Waals surface area contributed by atoms with E-state index in [1.807, 2.05) is 30.3 Å². The molecule has 1 amide bonds. The van der Waals surface area contributed by atoms with Gasteiger partial charge in [-0.1, -0.05) is 68.4 Å². The van der Waals surface area contributed by atoms with Gasteiger partial charge in [0, 0.05) is 0 Å². The van der Waals surface area contributed by atoms with Crippen LogP contribution in [0.4, 0.5) is 0 Å².